The van der Waals surface area contributed by atoms with Gasteiger partial charge in [0.15, 0.2) is 5.78 Å². The zero-order valence-corrected chi connectivity index (χ0v) is 15.3. The number of carbonyl (C=O) groups is 2. The number of hydrogen-bond donors (Lipinski definition) is 1. The first-order valence-electron chi connectivity index (χ1n) is 8.40. The van der Waals surface area contributed by atoms with Gasteiger partial charge in [0.1, 0.15) is 17.3 Å². The molecule has 0 spiro atoms. The minimum atomic E-state index is -4.77. The number of pyridine rings is 1. The van der Waals surface area contributed by atoms with Gasteiger partial charge in [-0.25, -0.2) is 4.98 Å². The number of hydrogen-bond acceptors (Lipinski definition) is 5. The highest BCUT2D eigenvalue weighted by molar-refractivity contribution is 5.97. The summed E-state index contributed by atoms with van der Waals surface area (Å²) in [5, 5.41) is 2.53. The number of ketones is 1. The van der Waals surface area contributed by atoms with Crippen LogP contribution >= 0.6 is 0 Å². The van der Waals surface area contributed by atoms with Gasteiger partial charge in [-0.05, 0) is 37.6 Å². The lowest BCUT2D eigenvalue weighted by atomic mass is 10.1. The third-order valence-electron chi connectivity index (χ3n) is 3.44. The average Bonchev–Trinajstić information content (AvgIpc) is 2.56. The molecule has 6 nitrogen and oxygen atoms in total. The molecule has 0 aliphatic rings. The van der Waals surface area contributed by atoms with E-state index >= 15 is 0 Å². The molecule has 2 rings (SSSR count). The molecule has 150 valence electrons. The normalized spacial score (nSPS) is 11.0. The maximum Gasteiger partial charge on any atom is 0.573 e. The molecule has 1 N–H and O–H groups in total. The van der Waals surface area contributed by atoms with Crippen molar-refractivity contribution in [2.45, 2.75) is 33.1 Å². The first kappa shape index (κ1) is 21.2. The minimum absolute atomic E-state index is 0.143. The van der Waals surface area contributed by atoms with Gasteiger partial charge in [-0.1, -0.05) is 6.07 Å². The van der Waals surface area contributed by atoms with E-state index < -0.39 is 6.36 Å². The van der Waals surface area contributed by atoms with Crippen molar-refractivity contribution in [1.82, 2.24) is 4.98 Å². The molecule has 0 unspecified atom stereocenters. The van der Waals surface area contributed by atoms with E-state index in [0.717, 1.165) is 6.07 Å². The summed E-state index contributed by atoms with van der Waals surface area (Å²) in [7, 11) is 0. The SMILES string of the molecule is CC(=O)Nc1cc(C(=O)CCCOc2cccc(OC(F)(F)F)c2)cc(C)n1. The molecule has 9 heteroatoms. The number of benzene rings is 1. The number of alkyl halides is 3. The second-order valence-corrected chi connectivity index (χ2v) is 5.96. The lowest BCUT2D eigenvalue weighted by Crippen LogP contribution is -2.17. The lowest BCUT2D eigenvalue weighted by molar-refractivity contribution is -0.274. The molecule has 0 radical (unpaired) electrons. The summed E-state index contributed by atoms with van der Waals surface area (Å²) < 4.78 is 45.9. The Labute approximate surface area is 159 Å². The third kappa shape index (κ3) is 7.26. The predicted molar refractivity (Wildman–Crippen MR) is 95.5 cm³/mol. The zero-order chi connectivity index (χ0) is 20.7. The van der Waals surface area contributed by atoms with E-state index in [0.29, 0.717) is 23.5 Å². The maximum atomic E-state index is 12.3. The topological polar surface area (TPSA) is 77.5 Å². The van der Waals surface area contributed by atoms with Crippen LogP contribution < -0.4 is 14.8 Å². The van der Waals surface area contributed by atoms with Crippen molar-refractivity contribution in [3.63, 3.8) is 0 Å². The van der Waals surface area contributed by atoms with Crippen LogP contribution in [0.1, 0.15) is 35.8 Å². The van der Waals surface area contributed by atoms with E-state index in [1.165, 1.54) is 31.2 Å². The van der Waals surface area contributed by atoms with Gasteiger partial charge in [0, 0.05) is 30.7 Å². The third-order valence-corrected chi connectivity index (χ3v) is 3.44. The van der Waals surface area contributed by atoms with Crippen LogP contribution in [-0.2, 0) is 4.79 Å². The van der Waals surface area contributed by atoms with Gasteiger partial charge in [-0.3, -0.25) is 9.59 Å². The highest BCUT2D eigenvalue weighted by Crippen LogP contribution is 2.26. The number of rotatable bonds is 8. The Hall–Kier alpha value is -3.10. The number of nitrogens with one attached hydrogen (secondary N) is 1. The summed E-state index contributed by atoms with van der Waals surface area (Å²) in [6, 6.07) is 8.29. The van der Waals surface area contributed by atoms with Crippen LogP contribution in [0.25, 0.3) is 0 Å². The fourth-order valence-electron chi connectivity index (χ4n) is 2.40. The van der Waals surface area contributed by atoms with Crippen LogP contribution in [0.4, 0.5) is 19.0 Å². The number of amides is 1. The summed E-state index contributed by atoms with van der Waals surface area (Å²) in [6.07, 6.45) is -4.24. The number of aromatic nitrogens is 1. The fourth-order valence-corrected chi connectivity index (χ4v) is 2.40. The molecule has 1 aromatic heterocycles. The van der Waals surface area contributed by atoms with Crippen molar-refractivity contribution in [2.24, 2.45) is 0 Å². The zero-order valence-electron chi connectivity index (χ0n) is 15.3. The number of nitrogens with zero attached hydrogens (tertiary/aromatic N) is 1. The summed E-state index contributed by atoms with van der Waals surface area (Å²) in [6.45, 7) is 3.20. The van der Waals surface area contributed by atoms with E-state index in [1.54, 1.807) is 13.0 Å². The Morgan fingerprint density at radius 1 is 1.14 bits per heavy atom. The molecular weight excluding hydrogens is 377 g/mol. The van der Waals surface area contributed by atoms with Crippen LogP contribution in [0.2, 0.25) is 0 Å². The molecular formula is C19H19F3N2O4. The monoisotopic (exact) mass is 396 g/mol. The number of anilines is 1. The largest absolute Gasteiger partial charge is 0.573 e. The maximum absolute atomic E-state index is 12.3. The smallest absolute Gasteiger partial charge is 0.493 e. The van der Waals surface area contributed by atoms with Gasteiger partial charge < -0.3 is 14.8 Å². The fraction of sp³-hybridized carbons (Fsp3) is 0.316. The van der Waals surface area contributed by atoms with Crippen molar-refractivity contribution < 1.29 is 32.2 Å². The molecule has 0 saturated heterocycles. The van der Waals surface area contributed by atoms with Crippen molar-refractivity contribution in [2.75, 3.05) is 11.9 Å². The van der Waals surface area contributed by atoms with Gasteiger partial charge in [0.05, 0.1) is 6.61 Å². The van der Waals surface area contributed by atoms with Gasteiger partial charge >= 0.3 is 6.36 Å². The van der Waals surface area contributed by atoms with Crippen molar-refractivity contribution in [3.05, 3.63) is 47.7 Å². The van der Waals surface area contributed by atoms with Gasteiger partial charge in [0.25, 0.3) is 0 Å². The van der Waals surface area contributed by atoms with E-state index in [2.05, 4.69) is 15.0 Å². The van der Waals surface area contributed by atoms with Gasteiger partial charge in [0.2, 0.25) is 5.91 Å². The Morgan fingerprint density at radius 2 is 1.86 bits per heavy atom. The van der Waals surface area contributed by atoms with Crippen LogP contribution in [-0.4, -0.2) is 29.6 Å². The molecule has 0 bridgehead atoms. The molecule has 2 aromatic rings. The molecule has 0 aliphatic carbocycles. The number of aryl methyl sites for hydroxylation is 1. The van der Waals surface area contributed by atoms with Crippen molar-refractivity contribution in [3.8, 4) is 11.5 Å². The Balaban J connectivity index is 1.87. The van der Waals surface area contributed by atoms with Crippen molar-refractivity contribution >= 4 is 17.5 Å². The summed E-state index contributed by atoms with van der Waals surface area (Å²) in [4.78, 5) is 27.6. The second-order valence-electron chi connectivity index (χ2n) is 5.96. The van der Waals surface area contributed by atoms with Crippen LogP contribution in [0.15, 0.2) is 36.4 Å². The first-order valence-corrected chi connectivity index (χ1v) is 8.40. The lowest BCUT2D eigenvalue weighted by Gasteiger charge is -2.11. The quantitative estimate of drug-likeness (QED) is 0.532. The number of halogens is 3. The van der Waals surface area contributed by atoms with Crippen molar-refractivity contribution in [1.29, 1.82) is 0 Å². The van der Waals surface area contributed by atoms with E-state index in [4.69, 9.17) is 4.74 Å². The van der Waals surface area contributed by atoms with E-state index in [1.807, 2.05) is 0 Å². The Morgan fingerprint density at radius 3 is 2.54 bits per heavy atom. The number of carbonyl (C=O) groups excluding carboxylic acids is 2. The standard InChI is InChI=1S/C19H19F3N2O4/c1-12-9-14(10-18(23-12)24-13(2)25)17(26)7-4-8-27-15-5-3-6-16(11-15)28-19(20,21)22/h3,5-6,9-11H,4,7-8H2,1-2H3,(H,23,24,25). The van der Waals surface area contributed by atoms with Gasteiger partial charge in [-0.15, -0.1) is 13.2 Å². The molecule has 0 fully saturated rings. The molecule has 28 heavy (non-hydrogen) atoms. The molecule has 0 atom stereocenters. The summed E-state index contributed by atoms with van der Waals surface area (Å²) in [5.74, 6) is -0.314. The Bertz CT molecular complexity index is 853. The highest BCUT2D eigenvalue weighted by Gasteiger charge is 2.31. The second kappa shape index (κ2) is 9.20. The average molecular weight is 396 g/mol. The van der Waals surface area contributed by atoms with Gasteiger partial charge in [-0.2, -0.15) is 0 Å². The molecule has 1 aromatic carbocycles. The van der Waals surface area contributed by atoms with Crippen LogP contribution in [0, 0.1) is 6.92 Å². The molecule has 1 heterocycles. The molecule has 0 saturated carbocycles. The van der Waals surface area contributed by atoms with E-state index in [-0.39, 0.29) is 36.2 Å². The minimum Gasteiger partial charge on any atom is -0.493 e. The van der Waals surface area contributed by atoms with E-state index in [9.17, 15) is 22.8 Å². The van der Waals surface area contributed by atoms with Crippen LogP contribution in [0.3, 0.4) is 0 Å². The number of Topliss-reactive ketones (excluding diaryl/α,β-unsaturated/α-hetero) is 1. The highest BCUT2D eigenvalue weighted by atomic mass is 19.4. The van der Waals surface area contributed by atoms with Crippen LogP contribution in [0.5, 0.6) is 11.5 Å². The number of ether oxygens (including phenoxy) is 2. The molecule has 1 amide bonds. The summed E-state index contributed by atoms with van der Waals surface area (Å²) in [5.41, 5.74) is 1.00. The predicted octanol–water partition coefficient (Wildman–Crippen LogP) is 4.29. The Kier molecular flexibility index (Phi) is 6.97. The summed E-state index contributed by atoms with van der Waals surface area (Å²) >= 11 is 0. The first-order chi connectivity index (χ1) is 13.1. The molecule has 0 aliphatic heterocycles.